The van der Waals surface area contributed by atoms with Crippen LogP contribution in [-0.4, -0.2) is 33.8 Å². The molecule has 0 radical (unpaired) electrons. The molecule has 7 heteroatoms. The first-order valence-electron chi connectivity index (χ1n) is 5.96. The van der Waals surface area contributed by atoms with Gasteiger partial charge in [-0.15, -0.1) is 0 Å². The van der Waals surface area contributed by atoms with E-state index in [1.54, 1.807) is 24.5 Å². The van der Waals surface area contributed by atoms with E-state index < -0.39 is 5.97 Å². The van der Waals surface area contributed by atoms with Gasteiger partial charge in [-0.25, -0.2) is 0 Å². The summed E-state index contributed by atoms with van der Waals surface area (Å²) in [4.78, 5) is 26.9. The predicted molar refractivity (Wildman–Crippen MR) is 70.8 cm³/mol. The van der Waals surface area contributed by atoms with Gasteiger partial charge in [0.25, 0.3) is 0 Å². The van der Waals surface area contributed by atoms with E-state index in [0.29, 0.717) is 11.4 Å². The van der Waals surface area contributed by atoms with E-state index in [9.17, 15) is 9.59 Å². The number of aromatic nitrogens is 3. The summed E-state index contributed by atoms with van der Waals surface area (Å²) in [5.74, 6) is -0.596. The fourth-order valence-corrected chi connectivity index (χ4v) is 1.58. The predicted octanol–water partition coefficient (Wildman–Crippen LogP) is 0.632. The SMILES string of the molecule is COC(=O)Cn1cc(NC(=O)Cc2ccccn2)cn1. The van der Waals surface area contributed by atoms with Crippen molar-refractivity contribution in [3.05, 3.63) is 42.5 Å². The molecule has 7 nitrogen and oxygen atoms in total. The van der Waals surface area contributed by atoms with Crippen molar-refractivity contribution in [3.8, 4) is 0 Å². The van der Waals surface area contributed by atoms with Gasteiger partial charge < -0.3 is 10.1 Å². The third-order valence-electron chi connectivity index (χ3n) is 2.50. The van der Waals surface area contributed by atoms with Crippen molar-refractivity contribution in [1.82, 2.24) is 14.8 Å². The first kappa shape index (κ1) is 13.7. The second-order valence-corrected chi connectivity index (χ2v) is 4.05. The lowest BCUT2D eigenvalue weighted by molar-refractivity contribution is -0.141. The van der Waals surface area contributed by atoms with Gasteiger partial charge >= 0.3 is 5.97 Å². The molecule has 0 fully saturated rings. The van der Waals surface area contributed by atoms with E-state index in [4.69, 9.17) is 0 Å². The van der Waals surface area contributed by atoms with Gasteiger partial charge in [0.1, 0.15) is 6.54 Å². The number of nitrogens with zero attached hydrogens (tertiary/aromatic N) is 3. The van der Waals surface area contributed by atoms with Gasteiger partial charge in [0, 0.05) is 18.1 Å². The number of hydrogen-bond donors (Lipinski definition) is 1. The molecule has 1 N–H and O–H groups in total. The maximum Gasteiger partial charge on any atom is 0.327 e. The van der Waals surface area contributed by atoms with E-state index >= 15 is 0 Å². The molecule has 2 heterocycles. The fourth-order valence-electron chi connectivity index (χ4n) is 1.58. The van der Waals surface area contributed by atoms with Gasteiger partial charge in [-0.1, -0.05) is 6.07 Å². The summed E-state index contributed by atoms with van der Waals surface area (Å²) in [6.07, 6.45) is 4.85. The molecule has 0 aliphatic heterocycles. The van der Waals surface area contributed by atoms with Crippen molar-refractivity contribution in [2.75, 3.05) is 12.4 Å². The number of pyridine rings is 1. The maximum absolute atomic E-state index is 11.8. The minimum absolute atomic E-state index is 0.00656. The van der Waals surface area contributed by atoms with Gasteiger partial charge in [-0.05, 0) is 12.1 Å². The highest BCUT2D eigenvalue weighted by Crippen LogP contribution is 2.06. The first-order valence-corrected chi connectivity index (χ1v) is 5.96. The molecule has 0 saturated carbocycles. The second kappa shape index (κ2) is 6.46. The Morgan fingerprint density at radius 3 is 2.95 bits per heavy atom. The smallest absolute Gasteiger partial charge is 0.327 e. The van der Waals surface area contributed by atoms with Gasteiger partial charge in [0.05, 0.1) is 25.4 Å². The van der Waals surface area contributed by atoms with Crippen molar-refractivity contribution in [1.29, 1.82) is 0 Å². The normalized spacial score (nSPS) is 10.1. The summed E-state index contributed by atoms with van der Waals surface area (Å²) < 4.78 is 5.92. The van der Waals surface area contributed by atoms with Crippen molar-refractivity contribution in [2.24, 2.45) is 0 Å². The number of hydrogen-bond acceptors (Lipinski definition) is 5. The van der Waals surface area contributed by atoms with E-state index in [2.05, 4.69) is 20.1 Å². The average Bonchev–Trinajstić information content (AvgIpc) is 2.86. The van der Waals surface area contributed by atoms with Crippen molar-refractivity contribution in [2.45, 2.75) is 13.0 Å². The molecular weight excluding hydrogens is 260 g/mol. The second-order valence-electron chi connectivity index (χ2n) is 4.05. The van der Waals surface area contributed by atoms with Gasteiger partial charge in [0.2, 0.25) is 5.91 Å². The number of nitrogens with one attached hydrogen (secondary N) is 1. The number of rotatable bonds is 5. The molecule has 0 aliphatic rings. The van der Waals surface area contributed by atoms with Crippen LogP contribution in [0.3, 0.4) is 0 Å². The van der Waals surface area contributed by atoms with Gasteiger partial charge in [-0.3, -0.25) is 19.3 Å². The Bertz CT molecular complexity index is 595. The van der Waals surface area contributed by atoms with Gasteiger partial charge in [-0.2, -0.15) is 5.10 Å². The van der Waals surface area contributed by atoms with E-state index in [0.717, 1.165) is 0 Å². The Morgan fingerprint density at radius 1 is 1.40 bits per heavy atom. The minimum atomic E-state index is -0.403. The van der Waals surface area contributed by atoms with Crippen LogP contribution in [-0.2, 0) is 27.3 Å². The number of ether oxygens (including phenoxy) is 1. The number of amides is 1. The van der Waals surface area contributed by atoms with Crippen LogP contribution in [0, 0.1) is 0 Å². The lowest BCUT2D eigenvalue weighted by Gasteiger charge is -2.02. The zero-order chi connectivity index (χ0) is 14.4. The Labute approximate surface area is 115 Å². The number of anilines is 1. The summed E-state index contributed by atoms with van der Waals surface area (Å²) in [5.41, 5.74) is 1.21. The summed E-state index contributed by atoms with van der Waals surface area (Å²) in [6, 6.07) is 5.39. The maximum atomic E-state index is 11.8. The molecule has 0 aliphatic carbocycles. The van der Waals surface area contributed by atoms with Crippen LogP contribution in [0.1, 0.15) is 5.69 Å². The number of methoxy groups -OCH3 is 1. The van der Waals surface area contributed by atoms with Crippen molar-refractivity contribution in [3.63, 3.8) is 0 Å². The topological polar surface area (TPSA) is 86.1 Å². The van der Waals surface area contributed by atoms with E-state index in [1.807, 2.05) is 6.07 Å². The highest BCUT2D eigenvalue weighted by atomic mass is 16.5. The zero-order valence-electron chi connectivity index (χ0n) is 10.9. The van der Waals surface area contributed by atoms with Crippen LogP contribution >= 0.6 is 0 Å². The van der Waals surface area contributed by atoms with E-state index in [-0.39, 0.29) is 18.9 Å². The minimum Gasteiger partial charge on any atom is -0.468 e. The first-order chi connectivity index (χ1) is 9.67. The standard InChI is InChI=1S/C13H14N4O3/c1-20-13(19)9-17-8-11(7-15-17)16-12(18)6-10-4-2-3-5-14-10/h2-5,7-8H,6,9H2,1H3,(H,16,18). The largest absolute Gasteiger partial charge is 0.468 e. The zero-order valence-corrected chi connectivity index (χ0v) is 10.9. The highest BCUT2D eigenvalue weighted by Gasteiger charge is 2.08. The van der Waals surface area contributed by atoms with Crippen molar-refractivity contribution >= 4 is 17.6 Å². The van der Waals surface area contributed by atoms with Crippen LogP contribution in [0.2, 0.25) is 0 Å². The number of esters is 1. The monoisotopic (exact) mass is 274 g/mol. The Balaban J connectivity index is 1.90. The summed E-state index contributed by atoms with van der Waals surface area (Å²) in [7, 11) is 1.31. The van der Waals surface area contributed by atoms with Crippen LogP contribution in [0.4, 0.5) is 5.69 Å². The van der Waals surface area contributed by atoms with Crippen LogP contribution in [0.25, 0.3) is 0 Å². The molecule has 0 spiro atoms. The van der Waals surface area contributed by atoms with Crippen LogP contribution in [0.5, 0.6) is 0 Å². The molecular formula is C13H14N4O3. The van der Waals surface area contributed by atoms with Crippen molar-refractivity contribution < 1.29 is 14.3 Å². The quantitative estimate of drug-likeness (QED) is 0.808. The molecule has 2 aromatic rings. The fraction of sp³-hybridized carbons (Fsp3) is 0.231. The van der Waals surface area contributed by atoms with Crippen LogP contribution in [0.15, 0.2) is 36.8 Å². The molecule has 0 unspecified atom stereocenters. The Kier molecular flexibility index (Phi) is 4.43. The summed E-state index contributed by atoms with van der Waals surface area (Å²) >= 11 is 0. The molecule has 0 atom stereocenters. The Morgan fingerprint density at radius 2 is 2.25 bits per heavy atom. The molecule has 20 heavy (non-hydrogen) atoms. The summed E-state index contributed by atoms with van der Waals surface area (Å²) in [6.45, 7) is 0.00656. The average molecular weight is 274 g/mol. The van der Waals surface area contributed by atoms with E-state index in [1.165, 1.54) is 18.0 Å². The lowest BCUT2D eigenvalue weighted by atomic mass is 10.2. The number of carbonyl (C=O) groups excluding carboxylic acids is 2. The third kappa shape index (κ3) is 3.91. The highest BCUT2D eigenvalue weighted by molar-refractivity contribution is 5.91. The molecule has 0 saturated heterocycles. The molecule has 0 bridgehead atoms. The third-order valence-corrected chi connectivity index (χ3v) is 2.50. The molecule has 2 aromatic heterocycles. The number of carbonyl (C=O) groups is 2. The molecule has 2 rings (SSSR count). The summed E-state index contributed by atoms with van der Waals surface area (Å²) in [5, 5.41) is 6.64. The Hall–Kier alpha value is -2.70. The van der Waals surface area contributed by atoms with Gasteiger partial charge in [0.15, 0.2) is 0 Å². The molecule has 1 amide bonds. The molecule has 0 aromatic carbocycles. The lowest BCUT2D eigenvalue weighted by Crippen LogP contribution is -2.15. The molecule has 104 valence electrons. The van der Waals surface area contributed by atoms with Crippen LogP contribution < -0.4 is 5.32 Å².